The van der Waals surface area contributed by atoms with E-state index in [1.165, 1.54) is 20.3 Å². The first-order valence-electron chi connectivity index (χ1n) is 6.53. The van der Waals surface area contributed by atoms with Crippen molar-refractivity contribution in [3.8, 4) is 0 Å². The van der Waals surface area contributed by atoms with Crippen LogP contribution in [-0.4, -0.2) is 24.0 Å². The molecule has 4 N–H and O–H groups in total. The van der Waals surface area contributed by atoms with Crippen LogP contribution >= 0.6 is 0 Å². The Kier molecular flexibility index (Phi) is 4.87. The molecule has 104 valence electrons. The zero-order chi connectivity index (χ0) is 13.8. The predicted molar refractivity (Wildman–Crippen MR) is 68.6 cm³/mol. The average molecular weight is 256 g/mol. The maximum Gasteiger partial charge on any atom is 0.333 e. The molecule has 0 bridgehead atoms. The molecule has 0 amide bonds. The van der Waals surface area contributed by atoms with Crippen LogP contribution in [0.15, 0.2) is 0 Å². The van der Waals surface area contributed by atoms with Crippen LogP contribution in [-0.2, 0) is 14.3 Å². The van der Waals surface area contributed by atoms with Crippen LogP contribution in [0.4, 0.5) is 0 Å². The summed E-state index contributed by atoms with van der Waals surface area (Å²) < 4.78 is 4.79. The summed E-state index contributed by atoms with van der Waals surface area (Å²) in [4.78, 5) is 23.3. The molecule has 0 aromatic heterocycles. The van der Waals surface area contributed by atoms with Gasteiger partial charge in [-0.05, 0) is 38.6 Å². The van der Waals surface area contributed by atoms with Gasteiger partial charge in [0.15, 0.2) is 0 Å². The van der Waals surface area contributed by atoms with Crippen molar-refractivity contribution in [3.05, 3.63) is 0 Å². The lowest BCUT2D eigenvalue weighted by Gasteiger charge is -2.35. The quantitative estimate of drug-likeness (QED) is 0.580. The minimum Gasteiger partial charge on any atom is -0.392 e. The van der Waals surface area contributed by atoms with Gasteiger partial charge in [0.1, 0.15) is 5.54 Å². The fourth-order valence-corrected chi connectivity index (χ4v) is 2.33. The van der Waals surface area contributed by atoms with Crippen LogP contribution in [0.2, 0.25) is 0 Å². The van der Waals surface area contributed by atoms with Gasteiger partial charge < -0.3 is 16.2 Å². The predicted octanol–water partition coefficient (Wildman–Crippen LogP) is 1.09. The first-order valence-corrected chi connectivity index (χ1v) is 6.53. The standard InChI is InChI=1S/C13H24N2O3/c1-12(2,15)11(17)18-10(16)8-13(9-14)6-4-3-5-7-13/h3-9,14-15H2,1-2H3. The van der Waals surface area contributed by atoms with Crippen molar-refractivity contribution >= 4 is 11.9 Å². The maximum atomic E-state index is 11.8. The second-order valence-electron chi connectivity index (χ2n) is 5.92. The minimum atomic E-state index is -1.14. The molecule has 0 radical (unpaired) electrons. The van der Waals surface area contributed by atoms with Crippen LogP contribution in [0, 0.1) is 5.41 Å². The van der Waals surface area contributed by atoms with Gasteiger partial charge in [-0.25, -0.2) is 4.79 Å². The lowest BCUT2D eigenvalue weighted by atomic mass is 9.72. The van der Waals surface area contributed by atoms with Gasteiger partial charge in [0.05, 0.1) is 6.42 Å². The Morgan fingerprint density at radius 2 is 1.78 bits per heavy atom. The van der Waals surface area contributed by atoms with Gasteiger partial charge >= 0.3 is 11.9 Å². The molecule has 0 aliphatic heterocycles. The van der Waals surface area contributed by atoms with E-state index in [1.54, 1.807) is 0 Å². The molecule has 0 aromatic rings. The summed E-state index contributed by atoms with van der Waals surface area (Å²) in [6.45, 7) is 3.49. The lowest BCUT2D eigenvalue weighted by Crippen LogP contribution is -2.44. The molecule has 0 spiro atoms. The van der Waals surface area contributed by atoms with Gasteiger partial charge in [-0.15, -0.1) is 0 Å². The summed E-state index contributed by atoms with van der Waals surface area (Å²) in [6, 6.07) is 0. The Morgan fingerprint density at radius 1 is 1.22 bits per heavy atom. The summed E-state index contributed by atoms with van der Waals surface area (Å²) in [7, 11) is 0. The van der Waals surface area contributed by atoms with E-state index in [1.807, 2.05) is 0 Å². The van der Waals surface area contributed by atoms with Gasteiger partial charge in [-0.2, -0.15) is 0 Å². The summed E-state index contributed by atoms with van der Waals surface area (Å²) in [5, 5.41) is 0. The first-order chi connectivity index (χ1) is 8.29. The normalized spacial score (nSPS) is 19.3. The largest absolute Gasteiger partial charge is 0.392 e. The Labute approximate surface area is 108 Å². The molecule has 0 saturated heterocycles. The Hall–Kier alpha value is -0.940. The molecule has 1 rings (SSSR count). The topological polar surface area (TPSA) is 95.4 Å². The van der Waals surface area contributed by atoms with Crippen molar-refractivity contribution in [2.45, 2.75) is 57.9 Å². The molecule has 1 aliphatic rings. The Morgan fingerprint density at radius 3 is 2.22 bits per heavy atom. The number of esters is 2. The van der Waals surface area contributed by atoms with Crippen molar-refractivity contribution in [1.29, 1.82) is 0 Å². The van der Waals surface area contributed by atoms with Crippen molar-refractivity contribution in [1.82, 2.24) is 0 Å². The van der Waals surface area contributed by atoms with E-state index in [2.05, 4.69) is 0 Å². The Bertz CT molecular complexity index is 315. The van der Waals surface area contributed by atoms with Gasteiger partial charge in [-0.3, -0.25) is 4.79 Å². The highest BCUT2D eigenvalue weighted by Gasteiger charge is 2.35. The SMILES string of the molecule is CC(C)(N)C(=O)OC(=O)CC1(CN)CCCCC1. The molecule has 1 saturated carbocycles. The summed E-state index contributed by atoms with van der Waals surface area (Å²) >= 11 is 0. The summed E-state index contributed by atoms with van der Waals surface area (Å²) in [5.74, 6) is -1.19. The van der Waals surface area contributed by atoms with Gasteiger partial charge in [0.2, 0.25) is 0 Å². The van der Waals surface area contributed by atoms with Crippen LogP contribution < -0.4 is 11.5 Å². The number of carbonyl (C=O) groups is 2. The van der Waals surface area contributed by atoms with E-state index in [-0.39, 0.29) is 11.8 Å². The molecular formula is C13H24N2O3. The van der Waals surface area contributed by atoms with Crippen LogP contribution in [0.5, 0.6) is 0 Å². The van der Waals surface area contributed by atoms with E-state index in [0.29, 0.717) is 6.54 Å². The van der Waals surface area contributed by atoms with E-state index in [0.717, 1.165) is 25.7 Å². The third kappa shape index (κ3) is 4.07. The molecule has 5 nitrogen and oxygen atoms in total. The maximum absolute atomic E-state index is 11.8. The van der Waals surface area contributed by atoms with E-state index < -0.39 is 17.5 Å². The van der Waals surface area contributed by atoms with Crippen molar-refractivity contribution in [2.75, 3.05) is 6.54 Å². The van der Waals surface area contributed by atoms with E-state index in [9.17, 15) is 9.59 Å². The molecular weight excluding hydrogens is 232 g/mol. The molecule has 5 heteroatoms. The van der Waals surface area contributed by atoms with Gasteiger partial charge in [0, 0.05) is 0 Å². The zero-order valence-electron chi connectivity index (χ0n) is 11.3. The molecule has 0 aromatic carbocycles. The number of nitrogens with two attached hydrogens (primary N) is 2. The third-order valence-electron chi connectivity index (χ3n) is 3.60. The van der Waals surface area contributed by atoms with Crippen molar-refractivity contribution in [2.24, 2.45) is 16.9 Å². The highest BCUT2D eigenvalue weighted by Crippen LogP contribution is 2.38. The fourth-order valence-electron chi connectivity index (χ4n) is 2.33. The highest BCUT2D eigenvalue weighted by molar-refractivity contribution is 5.90. The average Bonchev–Trinajstić information content (AvgIpc) is 2.28. The molecule has 0 atom stereocenters. The van der Waals surface area contributed by atoms with E-state index >= 15 is 0 Å². The van der Waals surface area contributed by atoms with Gasteiger partial charge in [0.25, 0.3) is 0 Å². The first kappa shape index (κ1) is 15.1. The van der Waals surface area contributed by atoms with Crippen molar-refractivity contribution < 1.29 is 14.3 Å². The second kappa shape index (κ2) is 5.80. The third-order valence-corrected chi connectivity index (χ3v) is 3.60. The molecule has 1 aliphatic carbocycles. The number of carbonyl (C=O) groups excluding carboxylic acids is 2. The molecule has 1 fully saturated rings. The smallest absolute Gasteiger partial charge is 0.333 e. The fraction of sp³-hybridized carbons (Fsp3) is 0.846. The number of hydrogen-bond donors (Lipinski definition) is 2. The van der Waals surface area contributed by atoms with Crippen LogP contribution in [0.1, 0.15) is 52.4 Å². The number of hydrogen-bond acceptors (Lipinski definition) is 5. The number of rotatable bonds is 4. The van der Waals surface area contributed by atoms with Crippen molar-refractivity contribution in [3.63, 3.8) is 0 Å². The lowest BCUT2D eigenvalue weighted by molar-refractivity contribution is -0.164. The molecule has 0 unspecified atom stereocenters. The van der Waals surface area contributed by atoms with E-state index in [4.69, 9.17) is 16.2 Å². The Balaban J connectivity index is 2.55. The number of ether oxygens (including phenoxy) is 1. The molecule has 18 heavy (non-hydrogen) atoms. The van der Waals surface area contributed by atoms with Gasteiger partial charge in [-0.1, -0.05) is 19.3 Å². The summed E-state index contributed by atoms with van der Waals surface area (Å²) in [6.07, 6.45) is 5.43. The van der Waals surface area contributed by atoms with Crippen LogP contribution in [0.3, 0.4) is 0 Å². The zero-order valence-corrected chi connectivity index (χ0v) is 11.3. The minimum absolute atomic E-state index is 0.186. The monoisotopic (exact) mass is 256 g/mol. The summed E-state index contributed by atoms with van der Waals surface area (Å²) in [5.41, 5.74) is 10.0. The highest BCUT2D eigenvalue weighted by atomic mass is 16.6. The second-order valence-corrected chi connectivity index (χ2v) is 5.92. The molecule has 0 heterocycles. The van der Waals surface area contributed by atoms with Crippen LogP contribution in [0.25, 0.3) is 0 Å².